The normalized spacial score (nSPS) is 12.4. The molecule has 11 aromatic rings. The van der Waals surface area contributed by atoms with Crippen molar-refractivity contribution in [3.8, 4) is 77.9 Å². The second kappa shape index (κ2) is 16.4. The van der Waals surface area contributed by atoms with Crippen molar-refractivity contribution in [2.24, 2.45) is 0 Å². The van der Waals surface area contributed by atoms with Crippen LogP contribution in [0.25, 0.3) is 88.7 Å². The van der Waals surface area contributed by atoms with Crippen LogP contribution in [-0.4, -0.2) is 13.3 Å². The van der Waals surface area contributed by atoms with Crippen molar-refractivity contribution in [1.29, 1.82) is 0 Å². The molecule has 0 fully saturated rings. The van der Waals surface area contributed by atoms with Crippen molar-refractivity contribution in [1.82, 2.24) is 0 Å². The molecule has 0 atom stereocenters. The molecule has 304 valence electrons. The van der Waals surface area contributed by atoms with Gasteiger partial charge in [0.05, 0.1) is 0 Å². The average molecular weight is 886 g/mol. The van der Waals surface area contributed by atoms with E-state index in [-0.39, 0.29) is 0 Å². The van der Waals surface area contributed by atoms with Gasteiger partial charge < -0.3 is 0 Å². The van der Waals surface area contributed by atoms with Crippen molar-refractivity contribution in [3.63, 3.8) is 0 Å². The van der Waals surface area contributed by atoms with Crippen molar-refractivity contribution in [2.45, 2.75) is 0 Å². The molecule has 0 amide bonds. The monoisotopic (exact) mass is 886 g/mol. The van der Waals surface area contributed by atoms with Gasteiger partial charge in [0.2, 0.25) is 0 Å². The Labute approximate surface area is 384 Å². The van der Waals surface area contributed by atoms with Gasteiger partial charge in [0.25, 0.3) is 0 Å². The second-order valence-electron chi connectivity index (χ2n) is 17.2. The first-order valence-electron chi connectivity index (χ1n) is 22.6. The molecule has 11 aromatic carbocycles. The van der Waals surface area contributed by atoms with Crippen molar-refractivity contribution in [2.75, 3.05) is 0 Å². The molecule has 0 spiro atoms. The van der Waals surface area contributed by atoms with Crippen LogP contribution in [0.15, 0.2) is 267 Å². The molecule has 1 aliphatic rings. The zero-order chi connectivity index (χ0) is 43.2. The van der Waals surface area contributed by atoms with Crippen LogP contribution in [0.5, 0.6) is 0 Å². The Bertz CT molecular complexity index is 3340. The third-order valence-electron chi connectivity index (χ3n) is 13.6. The molecule has 0 N–H and O–H groups in total. The summed E-state index contributed by atoms with van der Waals surface area (Å²) in [4.78, 5) is 0. The number of hydrogen-bond donors (Lipinski definition) is 0. The molecule has 0 aliphatic carbocycles. The van der Waals surface area contributed by atoms with Crippen molar-refractivity contribution in [3.05, 3.63) is 267 Å². The van der Waals surface area contributed by atoms with Gasteiger partial charge in [-0.25, -0.2) is 0 Å². The number of fused-ring (bicyclic) bond motifs is 4. The summed E-state index contributed by atoms with van der Waals surface area (Å²) in [6.07, 6.45) is 0. The first kappa shape index (κ1) is 38.9. The van der Waals surface area contributed by atoms with E-state index in [1.807, 2.05) is 0 Å². The number of rotatable bonds is 8. The Morgan fingerprint density at radius 3 is 1.05 bits per heavy atom. The second-order valence-corrected chi connectivity index (χ2v) is 25.0. The van der Waals surface area contributed by atoms with Gasteiger partial charge in [0.15, 0.2) is 0 Å². The van der Waals surface area contributed by atoms with Crippen LogP contribution < -0.4 is 17.6 Å². The van der Waals surface area contributed by atoms with Crippen LogP contribution >= 0.6 is 0 Å². The Balaban J connectivity index is 1.12. The number of hydrogen-bond acceptors (Lipinski definition) is 0. The quantitative estimate of drug-likeness (QED) is 0.133. The molecular formula is C64H44Ge. The third-order valence-corrected chi connectivity index (χ3v) is 23.8. The van der Waals surface area contributed by atoms with Gasteiger partial charge >= 0.3 is 386 Å². The van der Waals surface area contributed by atoms with Crippen LogP contribution in [0.3, 0.4) is 0 Å². The van der Waals surface area contributed by atoms with Crippen LogP contribution in [-0.2, 0) is 0 Å². The van der Waals surface area contributed by atoms with Gasteiger partial charge in [-0.3, -0.25) is 0 Å². The van der Waals surface area contributed by atoms with E-state index in [9.17, 15) is 0 Å². The van der Waals surface area contributed by atoms with E-state index >= 15 is 0 Å². The first-order chi connectivity index (χ1) is 32.2. The summed E-state index contributed by atoms with van der Waals surface area (Å²) in [7, 11) is 0. The van der Waals surface area contributed by atoms with E-state index < -0.39 is 13.3 Å². The fourth-order valence-corrected chi connectivity index (χ4v) is 21.1. The fraction of sp³-hybridized carbons (Fsp3) is 0. The topological polar surface area (TPSA) is 0 Å². The van der Waals surface area contributed by atoms with Gasteiger partial charge in [-0.05, 0) is 0 Å². The predicted molar refractivity (Wildman–Crippen MR) is 279 cm³/mol. The number of benzene rings is 11. The molecular weight excluding hydrogens is 841 g/mol. The van der Waals surface area contributed by atoms with E-state index in [0.717, 1.165) is 0 Å². The van der Waals surface area contributed by atoms with Gasteiger partial charge in [-0.2, -0.15) is 0 Å². The molecule has 65 heavy (non-hydrogen) atoms. The van der Waals surface area contributed by atoms with Gasteiger partial charge in [-0.15, -0.1) is 0 Å². The van der Waals surface area contributed by atoms with E-state index in [4.69, 9.17) is 0 Å². The Hall–Kier alpha value is -7.78. The zero-order valence-corrected chi connectivity index (χ0v) is 38.0. The maximum atomic E-state index is 2.52. The Morgan fingerprint density at radius 1 is 0.200 bits per heavy atom. The molecule has 1 aliphatic heterocycles. The van der Waals surface area contributed by atoms with Gasteiger partial charge in [-0.1, -0.05) is 0 Å². The van der Waals surface area contributed by atoms with E-state index in [0.29, 0.717) is 0 Å². The molecule has 0 saturated heterocycles. The van der Waals surface area contributed by atoms with E-state index in [2.05, 4.69) is 267 Å². The van der Waals surface area contributed by atoms with Crippen LogP contribution in [0.2, 0.25) is 0 Å². The van der Waals surface area contributed by atoms with E-state index in [1.54, 1.807) is 0 Å². The zero-order valence-electron chi connectivity index (χ0n) is 35.9. The van der Waals surface area contributed by atoms with Crippen molar-refractivity contribution < 1.29 is 0 Å². The molecule has 0 nitrogen and oxygen atoms in total. The molecule has 1 heteroatoms. The maximum absolute atomic E-state index is 3.71. The molecule has 0 unspecified atom stereocenters. The van der Waals surface area contributed by atoms with Crippen LogP contribution in [0.1, 0.15) is 0 Å². The minimum absolute atomic E-state index is 1.21. The molecule has 12 rings (SSSR count). The predicted octanol–water partition coefficient (Wildman–Crippen LogP) is 14.2. The standard InChI is InChI=1S/C64H44Ge/c1-5-16-45(17-6-1)49-28-34-57(35-29-49)65(58-36-30-50(31-37-58)46-18-7-2-8-19-46)63-38-32-52(56-41-54(47-20-9-3-10-21-47)40-55(42-56)48-22-11-4-12-23-48)43-61(63)62-44-53(33-39-64(62)65)60-27-15-25-51-24-13-14-26-59(51)60/h1-44H. The summed E-state index contributed by atoms with van der Waals surface area (Å²) in [6.45, 7) is 0. The Kier molecular flexibility index (Phi) is 9.81. The minimum atomic E-state index is -3.71. The summed E-state index contributed by atoms with van der Waals surface area (Å²) < 4.78 is 5.81. The van der Waals surface area contributed by atoms with Crippen molar-refractivity contribution >= 4 is 41.6 Å². The summed E-state index contributed by atoms with van der Waals surface area (Å²) in [5, 5.41) is 2.53. The summed E-state index contributed by atoms with van der Waals surface area (Å²) in [5.74, 6) is 0. The molecule has 0 saturated carbocycles. The SMILES string of the molecule is c1ccc(-c2cc[c]([Ge]3([c]4ccc(-c5ccccc5)cc4)[c]4ccc(-c5cc(-c6ccccc6)cc(-c6ccccc6)c5)cc4-c4cc(-c5cccc6ccccc56)cc[c]43)cc2)cc1. The summed E-state index contributed by atoms with van der Waals surface area (Å²) in [5.41, 5.74) is 17.4. The molecule has 0 bridgehead atoms. The summed E-state index contributed by atoms with van der Waals surface area (Å²) >= 11 is -3.71. The van der Waals surface area contributed by atoms with Crippen LogP contribution in [0, 0.1) is 0 Å². The first-order valence-corrected chi connectivity index (χ1v) is 26.8. The molecule has 0 radical (unpaired) electrons. The molecule has 0 aromatic heterocycles. The third kappa shape index (κ3) is 6.86. The van der Waals surface area contributed by atoms with Gasteiger partial charge in [0, 0.05) is 0 Å². The van der Waals surface area contributed by atoms with Crippen LogP contribution in [0.4, 0.5) is 0 Å². The Morgan fingerprint density at radius 2 is 0.554 bits per heavy atom. The summed E-state index contributed by atoms with van der Waals surface area (Å²) in [6, 6.07) is 99.8. The average Bonchev–Trinajstić information content (AvgIpc) is 3.69. The molecule has 1 heterocycles. The van der Waals surface area contributed by atoms with Gasteiger partial charge in [0.1, 0.15) is 0 Å². The van der Waals surface area contributed by atoms with E-state index in [1.165, 1.54) is 106 Å². The fourth-order valence-electron chi connectivity index (χ4n) is 10.4.